The van der Waals surface area contributed by atoms with Crippen molar-refractivity contribution in [2.75, 3.05) is 12.8 Å². The fraction of sp³-hybridized carbons (Fsp3) is 0.214. The van der Waals surface area contributed by atoms with E-state index < -0.39 is 15.8 Å². The van der Waals surface area contributed by atoms with Gasteiger partial charge in [-0.25, -0.2) is 12.8 Å². The minimum absolute atomic E-state index is 0.117. The lowest BCUT2D eigenvalue weighted by Gasteiger charge is -2.18. The van der Waals surface area contributed by atoms with Crippen LogP contribution in [0.15, 0.2) is 41.6 Å². The van der Waals surface area contributed by atoms with Gasteiger partial charge in [-0.1, -0.05) is 0 Å². The van der Waals surface area contributed by atoms with E-state index in [1.54, 1.807) is 24.5 Å². The predicted octanol–water partition coefficient (Wildman–Crippen LogP) is 1.93. The fourth-order valence-electron chi connectivity index (χ4n) is 1.83. The van der Waals surface area contributed by atoms with Crippen molar-refractivity contribution in [3.63, 3.8) is 0 Å². The Balaban J connectivity index is 2.33. The van der Waals surface area contributed by atoms with Crippen molar-refractivity contribution in [1.29, 1.82) is 0 Å². The number of nitrogens with two attached hydrogens (primary N) is 1. The Labute approximate surface area is 123 Å². The first kappa shape index (κ1) is 15.4. The molecule has 0 saturated carbocycles. The van der Waals surface area contributed by atoms with Gasteiger partial charge in [0.1, 0.15) is 5.82 Å². The molecule has 112 valence electrons. The van der Waals surface area contributed by atoms with Gasteiger partial charge in [-0.2, -0.15) is 4.31 Å². The maximum atomic E-state index is 13.7. The lowest BCUT2D eigenvalue weighted by molar-refractivity contribution is 0.465. The van der Waals surface area contributed by atoms with E-state index in [2.05, 4.69) is 4.98 Å². The van der Waals surface area contributed by atoms with Crippen molar-refractivity contribution in [1.82, 2.24) is 9.29 Å². The average molecular weight is 309 g/mol. The van der Waals surface area contributed by atoms with E-state index in [0.717, 1.165) is 15.9 Å². The SMILES string of the molecule is Cc1c(N)cc(S(=O)(=O)N(C)Cc2ccncc2)cc1F. The van der Waals surface area contributed by atoms with Crippen molar-refractivity contribution < 1.29 is 12.8 Å². The summed E-state index contributed by atoms with van der Waals surface area (Å²) >= 11 is 0. The molecule has 0 radical (unpaired) electrons. The van der Waals surface area contributed by atoms with Gasteiger partial charge in [-0.15, -0.1) is 0 Å². The number of hydrogen-bond donors (Lipinski definition) is 1. The number of sulfonamides is 1. The summed E-state index contributed by atoms with van der Waals surface area (Å²) in [5.41, 5.74) is 6.79. The summed E-state index contributed by atoms with van der Waals surface area (Å²) in [6.45, 7) is 1.67. The largest absolute Gasteiger partial charge is 0.398 e. The molecule has 1 heterocycles. The van der Waals surface area contributed by atoms with E-state index in [4.69, 9.17) is 5.73 Å². The van der Waals surface area contributed by atoms with Gasteiger partial charge in [0.2, 0.25) is 10.0 Å². The maximum absolute atomic E-state index is 13.7. The number of nitrogens with zero attached hydrogens (tertiary/aromatic N) is 2. The molecule has 0 unspecified atom stereocenters. The number of anilines is 1. The van der Waals surface area contributed by atoms with Gasteiger partial charge in [-0.3, -0.25) is 4.98 Å². The molecule has 0 atom stereocenters. The summed E-state index contributed by atoms with van der Waals surface area (Å²) < 4.78 is 39.7. The summed E-state index contributed by atoms with van der Waals surface area (Å²) in [7, 11) is -2.37. The van der Waals surface area contributed by atoms with Gasteiger partial charge in [0.05, 0.1) is 4.90 Å². The van der Waals surface area contributed by atoms with Crippen LogP contribution in [0.25, 0.3) is 0 Å². The van der Waals surface area contributed by atoms with E-state index in [1.165, 1.54) is 20.0 Å². The highest BCUT2D eigenvalue weighted by molar-refractivity contribution is 7.89. The lowest BCUT2D eigenvalue weighted by Crippen LogP contribution is -2.26. The minimum Gasteiger partial charge on any atom is -0.398 e. The molecule has 5 nitrogen and oxygen atoms in total. The van der Waals surface area contributed by atoms with Crippen LogP contribution in [0.2, 0.25) is 0 Å². The summed E-state index contributed by atoms with van der Waals surface area (Å²) in [4.78, 5) is 3.72. The standard InChI is InChI=1S/C14H16FN3O2S/c1-10-13(15)7-12(8-14(10)16)21(19,20)18(2)9-11-3-5-17-6-4-11/h3-8H,9,16H2,1-2H3. The molecule has 0 saturated heterocycles. The Kier molecular flexibility index (Phi) is 4.24. The molecule has 0 aliphatic carbocycles. The molecule has 2 aromatic rings. The van der Waals surface area contributed by atoms with Crippen molar-refractivity contribution in [2.45, 2.75) is 18.4 Å². The van der Waals surface area contributed by atoms with E-state index >= 15 is 0 Å². The van der Waals surface area contributed by atoms with Crippen molar-refractivity contribution in [2.24, 2.45) is 0 Å². The molecule has 0 aliphatic rings. The smallest absolute Gasteiger partial charge is 0.243 e. The van der Waals surface area contributed by atoms with Crippen molar-refractivity contribution in [3.05, 3.63) is 53.6 Å². The lowest BCUT2D eigenvalue weighted by atomic mass is 10.2. The Bertz CT molecular complexity index is 725. The quantitative estimate of drug-likeness (QED) is 0.876. The highest BCUT2D eigenvalue weighted by Crippen LogP contribution is 2.23. The van der Waals surface area contributed by atoms with Crippen LogP contribution in [0.4, 0.5) is 10.1 Å². The summed E-state index contributed by atoms with van der Waals surface area (Å²) in [5, 5.41) is 0. The fourth-order valence-corrected chi connectivity index (χ4v) is 3.04. The minimum atomic E-state index is -3.81. The number of hydrogen-bond acceptors (Lipinski definition) is 4. The Hall–Kier alpha value is -1.99. The van der Waals surface area contributed by atoms with Crippen LogP contribution in [-0.2, 0) is 16.6 Å². The van der Waals surface area contributed by atoms with Gasteiger partial charge >= 0.3 is 0 Å². The number of pyridine rings is 1. The monoisotopic (exact) mass is 309 g/mol. The third-order valence-electron chi connectivity index (χ3n) is 3.22. The van der Waals surface area contributed by atoms with E-state index in [1.807, 2.05) is 0 Å². The van der Waals surface area contributed by atoms with E-state index in [-0.39, 0.29) is 22.7 Å². The van der Waals surface area contributed by atoms with Gasteiger partial charge < -0.3 is 5.73 Å². The van der Waals surface area contributed by atoms with Crippen LogP contribution >= 0.6 is 0 Å². The molecule has 0 bridgehead atoms. The van der Waals surface area contributed by atoms with Crippen LogP contribution in [0.5, 0.6) is 0 Å². The Morgan fingerprint density at radius 2 is 1.90 bits per heavy atom. The molecule has 0 spiro atoms. The second-order valence-electron chi connectivity index (χ2n) is 4.74. The normalized spacial score (nSPS) is 11.8. The first-order chi connectivity index (χ1) is 9.82. The summed E-state index contributed by atoms with van der Waals surface area (Å²) in [6.07, 6.45) is 3.17. The molecule has 2 rings (SSSR count). The first-order valence-electron chi connectivity index (χ1n) is 6.23. The molecule has 0 fully saturated rings. The molecular weight excluding hydrogens is 293 g/mol. The summed E-state index contributed by atoms with van der Waals surface area (Å²) in [6, 6.07) is 5.70. The second-order valence-corrected chi connectivity index (χ2v) is 6.78. The summed E-state index contributed by atoms with van der Waals surface area (Å²) in [5.74, 6) is -0.633. The average Bonchev–Trinajstić information content (AvgIpc) is 2.45. The van der Waals surface area contributed by atoms with E-state index in [0.29, 0.717) is 0 Å². The van der Waals surface area contributed by atoms with Gasteiger partial charge in [0, 0.05) is 37.2 Å². The highest BCUT2D eigenvalue weighted by Gasteiger charge is 2.23. The number of nitrogen functional groups attached to an aromatic ring is 1. The number of aromatic nitrogens is 1. The van der Waals surface area contributed by atoms with Crippen molar-refractivity contribution >= 4 is 15.7 Å². The molecule has 2 N–H and O–H groups in total. The second kappa shape index (κ2) is 5.79. The molecular formula is C14H16FN3O2S. The molecule has 1 aromatic heterocycles. The predicted molar refractivity (Wildman–Crippen MR) is 78.4 cm³/mol. The zero-order valence-electron chi connectivity index (χ0n) is 11.7. The molecule has 1 aromatic carbocycles. The van der Waals surface area contributed by atoms with Crippen molar-refractivity contribution in [3.8, 4) is 0 Å². The topological polar surface area (TPSA) is 76.3 Å². The zero-order chi connectivity index (χ0) is 15.6. The van der Waals surface area contributed by atoms with Crippen LogP contribution in [0.3, 0.4) is 0 Å². The number of rotatable bonds is 4. The Morgan fingerprint density at radius 3 is 2.48 bits per heavy atom. The zero-order valence-corrected chi connectivity index (χ0v) is 12.6. The molecule has 0 aliphatic heterocycles. The third-order valence-corrected chi connectivity index (χ3v) is 5.00. The third kappa shape index (κ3) is 3.20. The molecule has 7 heteroatoms. The van der Waals surface area contributed by atoms with Crippen LogP contribution < -0.4 is 5.73 Å². The van der Waals surface area contributed by atoms with Gasteiger partial charge in [0.25, 0.3) is 0 Å². The molecule has 21 heavy (non-hydrogen) atoms. The number of benzene rings is 1. The highest BCUT2D eigenvalue weighted by atomic mass is 32.2. The maximum Gasteiger partial charge on any atom is 0.243 e. The first-order valence-corrected chi connectivity index (χ1v) is 7.67. The van der Waals surface area contributed by atoms with Gasteiger partial charge in [-0.05, 0) is 36.8 Å². The van der Waals surface area contributed by atoms with Crippen LogP contribution in [0, 0.1) is 12.7 Å². The van der Waals surface area contributed by atoms with Crippen LogP contribution in [0.1, 0.15) is 11.1 Å². The van der Waals surface area contributed by atoms with Crippen LogP contribution in [-0.4, -0.2) is 24.8 Å². The molecule has 0 amide bonds. The number of halogens is 1. The van der Waals surface area contributed by atoms with E-state index in [9.17, 15) is 12.8 Å². The van der Waals surface area contributed by atoms with Gasteiger partial charge in [0.15, 0.2) is 0 Å². The Morgan fingerprint density at radius 1 is 1.29 bits per heavy atom.